The molecule has 1 heterocycles. The van der Waals surface area contributed by atoms with Gasteiger partial charge in [-0.2, -0.15) is 16.9 Å². The van der Waals surface area contributed by atoms with E-state index < -0.39 is 0 Å². The molecule has 0 amide bonds. The lowest BCUT2D eigenvalue weighted by molar-refractivity contribution is 0.756. The Morgan fingerprint density at radius 2 is 2.42 bits per heavy atom. The third kappa shape index (κ3) is 2.53. The molecule has 3 nitrogen and oxygen atoms in total. The van der Waals surface area contributed by atoms with E-state index in [4.69, 9.17) is 5.73 Å². The number of nitrogens with zero attached hydrogens (tertiary/aromatic N) is 2. The zero-order valence-electron chi connectivity index (χ0n) is 7.58. The van der Waals surface area contributed by atoms with Crippen LogP contribution in [0.5, 0.6) is 0 Å². The first kappa shape index (κ1) is 9.61. The van der Waals surface area contributed by atoms with Crippen LogP contribution in [-0.2, 0) is 12.8 Å². The van der Waals surface area contributed by atoms with E-state index in [0.29, 0.717) is 0 Å². The van der Waals surface area contributed by atoms with E-state index in [1.807, 2.05) is 30.4 Å². The Kier molecular flexibility index (Phi) is 3.62. The van der Waals surface area contributed by atoms with Crippen molar-refractivity contribution in [3.63, 3.8) is 0 Å². The van der Waals surface area contributed by atoms with Gasteiger partial charge in [-0.3, -0.25) is 4.68 Å². The molecular weight excluding hydrogens is 170 g/mol. The highest BCUT2D eigenvalue weighted by Gasteiger charge is 2.01. The van der Waals surface area contributed by atoms with Gasteiger partial charge in [-0.25, -0.2) is 0 Å². The van der Waals surface area contributed by atoms with Crippen molar-refractivity contribution in [2.45, 2.75) is 12.7 Å². The van der Waals surface area contributed by atoms with Gasteiger partial charge in [0.1, 0.15) is 0 Å². The molecule has 0 aliphatic rings. The smallest absolute Gasteiger partial charge is 0.0633 e. The third-order valence-electron chi connectivity index (χ3n) is 1.63. The zero-order valence-corrected chi connectivity index (χ0v) is 8.40. The SMILES string of the molecule is Cc1nn(C)cc1CSCCN. The van der Waals surface area contributed by atoms with Gasteiger partial charge in [0.2, 0.25) is 0 Å². The Balaban J connectivity index is 2.45. The number of hydrogen-bond donors (Lipinski definition) is 1. The topological polar surface area (TPSA) is 43.8 Å². The van der Waals surface area contributed by atoms with Gasteiger partial charge in [-0.05, 0) is 6.92 Å². The molecule has 0 aliphatic heterocycles. The van der Waals surface area contributed by atoms with Crippen LogP contribution in [0.3, 0.4) is 0 Å². The van der Waals surface area contributed by atoms with Crippen LogP contribution in [0.1, 0.15) is 11.3 Å². The number of aromatic nitrogens is 2. The molecule has 68 valence electrons. The summed E-state index contributed by atoms with van der Waals surface area (Å²) in [6.45, 7) is 2.79. The second kappa shape index (κ2) is 4.52. The van der Waals surface area contributed by atoms with E-state index in [1.165, 1.54) is 5.56 Å². The fourth-order valence-electron chi connectivity index (χ4n) is 1.06. The van der Waals surface area contributed by atoms with Crippen LogP contribution in [0.2, 0.25) is 0 Å². The average Bonchev–Trinajstić information content (AvgIpc) is 2.31. The first-order valence-electron chi connectivity index (χ1n) is 4.01. The summed E-state index contributed by atoms with van der Waals surface area (Å²) in [5.41, 5.74) is 7.84. The van der Waals surface area contributed by atoms with Crippen molar-refractivity contribution in [3.8, 4) is 0 Å². The Morgan fingerprint density at radius 1 is 1.67 bits per heavy atom. The van der Waals surface area contributed by atoms with Crippen LogP contribution < -0.4 is 5.73 Å². The Bertz CT molecular complexity index is 244. The van der Waals surface area contributed by atoms with Crippen molar-refractivity contribution in [1.82, 2.24) is 9.78 Å². The number of thioether (sulfide) groups is 1. The fourth-order valence-corrected chi connectivity index (χ4v) is 1.87. The highest BCUT2D eigenvalue weighted by Crippen LogP contribution is 2.13. The molecule has 0 atom stereocenters. The largest absolute Gasteiger partial charge is 0.330 e. The Hall–Kier alpha value is -0.480. The van der Waals surface area contributed by atoms with Crippen molar-refractivity contribution in [3.05, 3.63) is 17.5 Å². The molecule has 1 aromatic rings. The van der Waals surface area contributed by atoms with Crippen molar-refractivity contribution < 1.29 is 0 Å². The number of nitrogens with two attached hydrogens (primary N) is 1. The van der Waals surface area contributed by atoms with Crippen molar-refractivity contribution >= 4 is 11.8 Å². The summed E-state index contributed by atoms with van der Waals surface area (Å²) in [5.74, 6) is 2.05. The molecule has 0 bridgehead atoms. The molecular formula is C8H15N3S. The monoisotopic (exact) mass is 185 g/mol. The third-order valence-corrected chi connectivity index (χ3v) is 2.67. The molecule has 0 aromatic carbocycles. The minimum atomic E-state index is 0.754. The number of hydrogen-bond acceptors (Lipinski definition) is 3. The highest BCUT2D eigenvalue weighted by molar-refractivity contribution is 7.98. The van der Waals surface area contributed by atoms with E-state index in [2.05, 4.69) is 11.3 Å². The predicted octanol–water partition coefficient (Wildman–Crippen LogP) is 0.920. The zero-order chi connectivity index (χ0) is 8.97. The lowest BCUT2D eigenvalue weighted by Gasteiger charge is -1.96. The standard InChI is InChI=1S/C8H15N3S/c1-7-8(5-11(2)10-7)6-12-4-3-9/h5H,3-4,6,9H2,1-2H3. The van der Waals surface area contributed by atoms with Gasteiger partial charge >= 0.3 is 0 Å². The fraction of sp³-hybridized carbons (Fsp3) is 0.625. The molecule has 12 heavy (non-hydrogen) atoms. The maximum absolute atomic E-state index is 5.39. The van der Waals surface area contributed by atoms with Gasteiger partial charge in [-0.15, -0.1) is 0 Å². The molecule has 0 aliphatic carbocycles. The van der Waals surface area contributed by atoms with Crippen molar-refractivity contribution in [2.24, 2.45) is 12.8 Å². The molecule has 1 rings (SSSR count). The first-order chi connectivity index (χ1) is 5.74. The van der Waals surface area contributed by atoms with Gasteiger partial charge in [0, 0.05) is 36.9 Å². The first-order valence-corrected chi connectivity index (χ1v) is 5.16. The van der Waals surface area contributed by atoms with Gasteiger partial charge in [-0.1, -0.05) is 0 Å². The molecule has 0 fully saturated rings. The summed E-state index contributed by atoms with van der Waals surface area (Å²) < 4.78 is 1.85. The minimum Gasteiger partial charge on any atom is -0.330 e. The van der Waals surface area contributed by atoms with Crippen LogP contribution >= 0.6 is 11.8 Å². The summed E-state index contributed by atoms with van der Waals surface area (Å²) in [5, 5.41) is 4.26. The molecule has 1 aromatic heterocycles. The maximum Gasteiger partial charge on any atom is 0.0633 e. The summed E-state index contributed by atoms with van der Waals surface area (Å²) >= 11 is 1.86. The van der Waals surface area contributed by atoms with Crippen molar-refractivity contribution in [2.75, 3.05) is 12.3 Å². The second-order valence-corrected chi connectivity index (χ2v) is 3.86. The van der Waals surface area contributed by atoms with E-state index in [0.717, 1.165) is 23.7 Å². The van der Waals surface area contributed by atoms with Gasteiger partial charge in [0.25, 0.3) is 0 Å². The normalized spacial score (nSPS) is 10.6. The molecule has 0 saturated carbocycles. The van der Waals surface area contributed by atoms with Gasteiger partial charge < -0.3 is 5.73 Å². The summed E-state index contributed by atoms with van der Waals surface area (Å²) in [4.78, 5) is 0. The number of aryl methyl sites for hydroxylation is 2. The number of rotatable bonds is 4. The summed E-state index contributed by atoms with van der Waals surface area (Å²) in [6.07, 6.45) is 2.07. The van der Waals surface area contributed by atoms with Crippen LogP contribution in [0.25, 0.3) is 0 Å². The molecule has 0 unspecified atom stereocenters. The summed E-state index contributed by atoms with van der Waals surface area (Å²) in [6, 6.07) is 0. The molecule has 0 saturated heterocycles. The predicted molar refractivity (Wildman–Crippen MR) is 53.2 cm³/mol. The summed E-state index contributed by atoms with van der Waals surface area (Å²) in [7, 11) is 1.95. The second-order valence-electron chi connectivity index (χ2n) is 2.75. The minimum absolute atomic E-state index is 0.754. The van der Waals surface area contributed by atoms with E-state index in [1.54, 1.807) is 0 Å². The van der Waals surface area contributed by atoms with E-state index in [9.17, 15) is 0 Å². The van der Waals surface area contributed by atoms with Crippen LogP contribution in [0, 0.1) is 6.92 Å². The molecule has 2 N–H and O–H groups in total. The van der Waals surface area contributed by atoms with Gasteiger partial charge in [0.15, 0.2) is 0 Å². The maximum atomic E-state index is 5.39. The van der Waals surface area contributed by atoms with Crippen molar-refractivity contribution in [1.29, 1.82) is 0 Å². The molecule has 0 spiro atoms. The van der Waals surface area contributed by atoms with Crippen LogP contribution in [0.4, 0.5) is 0 Å². The van der Waals surface area contributed by atoms with Crippen LogP contribution in [0.15, 0.2) is 6.20 Å². The Morgan fingerprint density at radius 3 is 2.92 bits per heavy atom. The van der Waals surface area contributed by atoms with Crippen LogP contribution in [-0.4, -0.2) is 22.1 Å². The lowest BCUT2D eigenvalue weighted by atomic mass is 10.3. The lowest BCUT2D eigenvalue weighted by Crippen LogP contribution is -2.01. The van der Waals surface area contributed by atoms with Gasteiger partial charge in [0.05, 0.1) is 5.69 Å². The highest BCUT2D eigenvalue weighted by atomic mass is 32.2. The van der Waals surface area contributed by atoms with E-state index in [-0.39, 0.29) is 0 Å². The van der Waals surface area contributed by atoms with E-state index >= 15 is 0 Å². The molecule has 4 heteroatoms. The molecule has 0 radical (unpaired) electrons. The Labute approximate surface area is 77.3 Å². The quantitative estimate of drug-likeness (QED) is 0.709. The average molecular weight is 185 g/mol.